The highest BCUT2D eigenvalue weighted by Gasteiger charge is 2.09. The Kier molecular flexibility index (Phi) is 5.93. The van der Waals surface area contributed by atoms with E-state index in [1.165, 1.54) is 6.20 Å². The van der Waals surface area contributed by atoms with E-state index in [0.29, 0.717) is 28.2 Å². The van der Waals surface area contributed by atoms with E-state index in [2.05, 4.69) is 25.8 Å². The molecule has 0 aliphatic rings. The summed E-state index contributed by atoms with van der Waals surface area (Å²) < 4.78 is 11.1. The maximum atomic E-state index is 6.06. The number of nitrogens with zero attached hydrogens (tertiary/aromatic N) is 3. The molecule has 0 fully saturated rings. The molecule has 0 bridgehead atoms. The third-order valence-electron chi connectivity index (χ3n) is 3.48. The van der Waals surface area contributed by atoms with Crippen molar-refractivity contribution in [1.29, 1.82) is 0 Å². The highest BCUT2D eigenvalue weighted by atomic mass is 35.5. The summed E-state index contributed by atoms with van der Waals surface area (Å²) in [7, 11) is 1.58. The van der Waals surface area contributed by atoms with Crippen molar-refractivity contribution in [2.75, 3.05) is 17.7 Å². The van der Waals surface area contributed by atoms with Crippen molar-refractivity contribution in [3.05, 3.63) is 53.7 Å². The van der Waals surface area contributed by atoms with Crippen molar-refractivity contribution in [2.24, 2.45) is 0 Å². The molecule has 27 heavy (non-hydrogen) atoms. The molecule has 0 radical (unpaired) electrons. The first-order valence-corrected chi connectivity index (χ1v) is 8.76. The van der Waals surface area contributed by atoms with Crippen LogP contribution in [0, 0.1) is 0 Å². The van der Waals surface area contributed by atoms with Crippen LogP contribution in [-0.4, -0.2) is 28.4 Å². The molecule has 140 valence electrons. The average molecular weight is 386 g/mol. The molecule has 0 saturated heterocycles. The summed E-state index contributed by atoms with van der Waals surface area (Å²) in [5.41, 5.74) is 1.44. The minimum absolute atomic E-state index is 0.0593. The second kappa shape index (κ2) is 8.55. The number of rotatable bonds is 7. The van der Waals surface area contributed by atoms with Crippen molar-refractivity contribution in [1.82, 2.24) is 15.2 Å². The lowest BCUT2D eigenvalue weighted by Crippen LogP contribution is -2.08. The van der Waals surface area contributed by atoms with Gasteiger partial charge in [0.1, 0.15) is 11.5 Å². The third kappa shape index (κ3) is 4.98. The summed E-state index contributed by atoms with van der Waals surface area (Å²) in [6, 6.07) is 12.9. The number of hydrogen-bond donors (Lipinski definition) is 2. The van der Waals surface area contributed by atoms with E-state index in [9.17, 15) is 0 Å². The van der Waals surface area contributed by atoms with Gasteiger partial charge in [-0.1, -0.05) is 23.7 Å². The molecule has 0 atom stereocenters. The Balaban J connectivity index is 1.82. The maximum absolute atomic E-state index is 6.06. The van der Waals surface area contributed by atoms with Crippen LogP contribution in [0.4, 0.5) is 23.1 Å². The van der Waals surface area contributed by atoms with Gasteiger partial charge in [-0.3, -0.25) is 0 Å². The minimum Gasteiger partial charge on any atom is -0.495 e. The van der Waals surface area contributed by atoms with Gasteiger partial charge in [0, 0.05) is 5.02 Å². The van der Waals surface area contributed by atoms with Gasteiger partial charge in [0.05, 0.1) is 30.8 Å². The molecule has 0 unspecified atom stereocenters. The summed E-state index contributed by atoms with van der Waals surface area (Å²) in [6.45, 7) is 3.95. The van der Waals surface area contributed by atoms with Gasteiger partial charge < -0.3 is 20.1 Å². The second-order valence-electron chi connectivity index (χ2n) is 5.92. The van der Waals surface area contributed by atoms with Crippen LogP contribution >= 0.6 is 11.6 Å². The number of para-hydroxylation sites is 2. The average Bonchev–Trinajstić information content (AvgIpc) is 2.63. The highest BCUT2D eigenvalue weighted by molar-refractivity contribution is 6.31. The molecule has 0 aliphatic carbocycles. The normalized spacial score (nSPS) is 10.6. The van der Waals surface area contributed by atoms with E-state index in [1.54, 1.807) is 25.3 Å². The van der Waals surface area contributed by atoms with E-state index in [0.717, 1.165) is 11.4 Å². The summed E-state index contributed by atoms with van der Waals surface area (Å²) in [5.74, 6) is 2.19. The van der Waals surface area contributed by atoms with Crippen molar-refractivity contribution >= 4 is 34.7 Å². The van der Waals surface area contributed by atoms with Crippen LogP contribution in [0.15, 0.2) is 48.7 Å². The number of nitrogens with one attached hydrogen (secondary N) is 2. The quantitative estimate of drug-likeness (QED) is 0.604. The largest absolute Gasteiger partial charge is 0.495 e. The van der Waals surface area contributed by atoms with E-state index < -0.39 is 0 Å². The highest BCUT2D eigenvalue weighted by Crippen LogP contribution is 2.30. The molecule has 0 amide bonds. The molecule has 3 rings (SSSR count). The summed E-state index contributed by atoms with van der Waals surface area (Å²) in [6.07, 6.45) is 1.59. The van der Waals surface area contributed by atoms with Crippen LogP contribution in [0.2, 0.25) is 5.02 Å². The van der Waals surface area contributed by atoms with Gasteiger partial charge in [-0.05, 0) is 44.2 Å². The summed E-state index contributed by atoms with van der Waals surface area (Å²) >= 11 is 6.06. The number of halogens is 1. The molecule has 7 nitrogen and oxygen atoms in total. The first-order valence-electron chi connectivity index (χ1n) is 8.38. The molecule has 0 aliphatic heterocycles. The summed E-state index contributed by atoms with van der Waals surface area (Å²) in [4.78, 5) is 4.44. The molecule has 1 heterocycles. The number of benzene rings is 2. The Bertz CT molecular complexity index is 920. The lowest BCUT2D eigenvalue weighted by Gasteiger charge is -2.15. The van der Waals surface area contributed by atoms with Gasteiger partial charge in [0.2, 0.25) is 5.95 Å². The SMILES string of the molecule is COc1ccc(Cl)cc1Nc1nncc(Nc2ccccc2OC(C)C)n1. The van der Waals surface area contributed by atoms with E-state index in [-0.39, 0.29) is 6.10 Å². The first kappa shape index (κ1) is 18.7. The Hall–Kier alpha value is -3.06. The van der Waals surface area contributed by atoms with Crippen molar-refractivity contribution < 1.29 is 9.47 Å². The van der Waals surface area contributed by atoms with Crippen LogP contribution in [0.5, 0.6) is 11.5 Å². The third-order valence-corrected chi connectivity index (χ3v) is 3.71. The summed E-state index contributed by atoms with van der Waals surface area (Å²) in [5, 5.41) is 14.9. The topological polar surface area (TPSA) is 81.2 Å². The molecule has 8 heteroatoms. The van der Waals surface area contributed by atoms with Gasteiger partial charge in [0.15, 0.2) is 5.82 Å². The lowest BCUT2D eigenvalue weighted by atomic mass is 10.3. The Labute approximate surface area is 162 Å². The van der Waals surface area contributed by atoms with Gasteiger partial charge >= 0.3 is 0 Å². The predicted octanol–water partition coefficient (Wildman–Crippen LogP) is 4.81. The van der Waals surface area contributed by atoms with E-state index in [4.69, 9.17) is 21.1 Å². The van der Waals surface area contributed by atoms with Crippen LogP contribution in [0.3, 0.4) is 0 Å². The number of hydrogen-bond acceptors (Lipinski definition) is 7. The standard InChI is InChI=1S/C19H20ClN5O2/c1-12(2)27-17-7-5-4-6-14(17)22-18-11-21-25-19(24-18)23-15-10-13(20)8-9-16(15)26-3/h4-12H,1-3H3,(H2,22,23,24,25). The van der Waals surface area contributed by atoms with Crippen LogP contribution in [-0.2, 0) is 0 Å². The van der Waals surface area contributed by atoms with Gasteiger partial charge in [-0.2, -0.15) is 10.1 Å². The molecule has 3 aromatic rings. The van der Waals surface area contributed by atoms with Gasteiger partial charge in [-0.15, -0.1) is 5.10 Å². The lowest BCUT2D eigenvalue weighted by molar-refractivity contribution is 0.244. The Morgan fingerprint density at radius 3 is 2.59 bits per heavy atom. The number of anilines is 4. The maximum Gasteiger partial charge on any atom is 0.249 e. The number of ether oxygens (including phenoxy) is 2. The predicted molar refractivity (Wildman–Crippen MR) is 107 cm³/mol. The monoisotopic (exact) mass is 385 g/mol. The molecule has 0 saturated carbocycles. The zero-order valence-electron chi connectivity index (χ0n) is 15.2. The Morgan fingerprint density at radius 1 is 1.00 bits per heavy atom. The van der Waals surface area contributed by atoms with E-state index in [1.807, 2.05) is 38.1 Å². The number of methoxy groups -OCH3 is 1. The smallest absolute Gasteiger partial charge is 0.249 e. The van der Waals surface area contributed by atoms with Crippen molar-refractivity contribution in [2.45, 2.75) is 20.0 Å². The molecule has 2 N–H and O–H groups in total. The first-order chi connectivity index (χ1) is 13.0. The van der Waals surface area contributed by atoms with Crippen molar-refractivity contribution in [3.63, 3.8) is 0 Å². The fourth-order valence-corrected chi connectivity index (χ4v) is 2.55. The molecule has 2 aromatic carbocycles. The molecular formula is C19H20ClN5O2. The Morgan fingerprint density at radius 2 is 1.81 bits per heavy atom. The van der Waals surface area contributed by atoms with Crippen LogP contribution in [0.25, 0.3) is 0 Å². The zero-order valence-corrected chi connectivity index (χ0v) is 16.0. The minimum atomic E-state index is 0.0593. The fraction of sp³-hybridized carbons (Fsp3) is 0.211. The van der Waals surface area contributed by atoms with Crippen LogP contribution in [0.1, 0.15) is 13.8 Å². The second-order valence-corrected chi connectivity index (χ2v) is 6.36. The molecule has 0 spiro atoms. The fourth-order valence-electron chi connectivity index (χ4n) is 2.38. The van der Waals surface area contributed by atoms with Gasteiger partial charge in [-0.25, -0.2) is 0 Å². The van der Waals surface area contributed by atoms with Gasteiger partial charge in [0.25, 0.3) is 0 Å². The molecular weight excluding hydrogens is 366 g/mol. The zero-order chi connectivity index (χ0) is 19.2. The number of aromatic nitrogens is 3. The van der Waals surface area contributed by atoms with E-state index >= 15 is 0 Å². The van der Waals surface area contributed by atoms with Crippen LogP contribution < -0.4 is 20.1 Å². The van der Waals surface area contributed by atoms with Crippen molar-refractivity contribution in [3.8, 4) is 11.5 Å². The molecule has 1 aromatic heterocycles.